The number of hydrogen-bond donors (Lipinski definition) is 7. The number of rotatable bonds is 11. The van der Waals surface area contributed by atoms with Crippen LogP contribution in [0.2, 0.25) is 0 Å². The first-order chi connectivity index (χ1) is 20.5. The molecule has 16 heteroatoms. The highest BCUT2D eigenvalue weighted by atomic mass is 16.8. The van der Waals surface area contributed by atoms with Gasteiger partial charge in [0.2, 0.25) is 12.0 Å². The maximum Gasteiger partial charge on any atom is 0.338 e. The van der Waals surface area contributed by atoms with Crippen LogP contribution in [0.3, 0.4) is 0 Å². The highest BCUT2D eigenvalue weighted by Crippen LogP contribution is 2.38. The molecule has 2 aliphatic rings. The molecule has 238 valence electrons. The third-order valence-corrected chi connectivity index (χ3v) is 6.99. The van der Waals surface area contributed by atoms with Crippen molar-refractivity contribution in [3.8, 4) is 34.5 Å². The molecule has 2 aromatic rings. The molecule has 2 saturated heterocycles. The monoisotopic (exact) mass is 614 g/mol. The van der Waals surface area contributed by atoms with E-state index < -0.39 is 74.5 Å². The van der Waals surface area contributed by atoms with Crippen LogP contribution in [0, 0.1) is 0 Å². The summed E-state index contributed by atoms with van der Waals surface area (Å²) < 4.78 is 42.7. The molecule has 0 spiro atoms. The first-order valence-electron chi connectivity index (χ1n) is 12.9. The Labute approximate surface area is 245 Å². The second-order valence-electron chi connectivity index (χ2n) is 9.79. The molecule has 0 bridgehead atoms. The number of carbonyl (C=O) groups excluding carboxylic acids is 1. The number of methoxy groups -OCH3 is 3. The summed E-state index contributed by atoms with van der Waals surface area (Å²) in [5.74, 6) is -1.45. The molecule has 8 atom stereocenters. The highest BCUT2D eigenvalue weighted by Gasteiger charge is 2.54. The van der Waals surface area contributed by atoms with Crippen LogP contribution < -0.4 is 18.9 Å². The lowest BCUT2D eigenvalue weighted by molar-refractivity contribution is -0.318. The van der Waals surface area contributed by atoms with Gasteiger partial charge in [0.05, 0.1) is 40.1 Å². The van der Waals surface area contributed by atoms with Crippen molar-refractivity contribution in [3.05, 3.63) is 35.9 Å². The summed E-state index contributed by atoms with van der Waals surface area (Å²) in [6.07, 6.45) is -11.1. The summed E-state index contributed by atoms with van der Waals surface area (Å²) in [5.41, 5.74) is -2.25. The molecule has 0 aliphatic carbocycles. The molecular formula is C27H34O16. The van der Waals surface area contributed by atoms with Crippen molar-refractivity contribution < 1.29 is 78.4 Å². The molecular weight excluding hydrogens is 580 g/mol. The van der Waals surface area contributed by atoms with Crippen molar-refractivity contribution in [2.45, 2.75) is 48.7 Å². The Bertz CT molecular complexity index is 1250. The Morgan fingerprint density at radius 1 is 0.953 bits per heavy atom. The van der Waals surface area contributed by atoms with Gasteiger partial charge in [-0.15, -0.1) is 0 Å². The fourth-order valence-electron chi connectivity index (χ4n) is 4.50. The maximum atomic E-state index is 12.7. The van der Waals surface area contributed by atoms with Crippen LogP contribution in [-0.2, 0) is 18.9 Å². The summed E-state index contributed by atoms with van der Waals surface area (Å²) >= 11 is 0. The molecule has 0 amide bonds. The van der Waals surface area contributed by atoms with Crippen LogP contribution in [0.25, 0.3) is 0 Å². The second-order valence-corrected chi connectivity index (χ2v) is 9.79. The van der Waals surface area contributed by atoms with Gasteiger partial charge in [-0.3, -0.25) is 0 Å². The number of ether oxygens (including phenoxy) is 8. The Morgan fingerprint density at radius 2 is 1.60 bits per heavy atom. The van der Waals surface area contributed by atoms with Crippen molar-refractivity contribution in [2.24, 2.45) is 0 Å². The molecule has 0 saturated carbocycles. The zero-order chi connectivity index (χ0) is 31.5. The maximum absolute atomic E-state index is 12.7. The quantitative estimate of drug-likeness (QED) is 0.145. The predicted molar refractivity (Wildman–Crippen MR) is 140 cm³/mol. The molecule has 2 aromatic carbocycles. The first-order valence-corrected chi connectivity index (χ1v) is 12.9. The Morgan fingerprint density at radius 3 is 2.21 bits per heavy atom. The summed E-state index contributed by atoms with van der Waals surface area (Å²) in [7, 11) is 3.86. The van der Waals surface area contributed by atoms with E-state index in [0.29, 0.717) is 0 Å². The standard InChI is InChI=1S/C27H34O16/c1-36-15-8-13(4-5-14(15)29)41-25-22(21(32)20(31)18(9-28)42-25)43-26-23(33)27(35,11-40-26)10-39-24(34)12-6-16(37-2)19(30)17(7-12)38-3/h4-8,18,20-23,25-26,28-33,35H,9-11H2,1-3H3. The van der Waals surface area contributed by atoms with Crippen molar-refractivity contribution in [1.29, 1.82) is 0 Å². The van der Waals surface area contributed by atoms with Gasteiger partial charge in [0, 0.05) is 6.07 Å². The number of aromatic hydroxyl groups is 2. The number of phenols is 2. The van der Waals surface area contributed by atoms with E-state index in [1.165, 1.54) is 51.7 Å². The van der Waals surface area contributed by atoms with Crippen LogP contribution in [0.1, 0.15) is 10.4 Å². The number of aliphatic hydroxyl groups excluding tert-OH is 4. The fraction of sp³-hybridized carbons (Fsp3) is 0.519. The van der Waals surface area contributed by atoms with Gasteiger partial charge in [-0.2, -0.15) is 0 Å². The molecule has 2 aliphatic heterocycles. The average molecular weight is 615 g/mol. The molecule has 2 fully saturated rings. The van der Waals surface area contributed by atoms with Crippen LogP contribution in [0.15, 0.2) is 30.3 Å². The number of phenolic OH excluding ortho intramolecular Hbond substituents is 2. The van der Waals surface area contributed by atoms with E-state index in [9.17, 15) is 40.5 Å². The fourth-order valence-corrected chi connectivity index (χ4v) is 4.50. The van der Waals surface area contributed by atoms with E-state index in [4.69, 9.17) is 37.9 Å². The predicted octanol–water partition coefficient (Wildman–Crippen LogP) is -1.37. The summed E-state index contributed by atoms with van der Waals surface area (Å²) in [6.45, 7) is -2.01. The largest absolute Gasteiger partial charge is 0.504 e. The zero-order valence-electron chi connectivity index (χ0n) is 23.4. The Balaban J connectivity index is 1.46. The number of carbonyl (C=O) groups is 1. The van der Waals surface area contributed by atoms with Gasteiger partial charge in [0.15, 0.2) is 41.0 Å². The van der Waals surface area contributed by atoms with E-state index in [-0.39, 0.29) is 40.1 Å². The summed E-state index contributed by atoms with van der Waals surface area (Å²) in [4.78, 5) is 12.7. The van der Waals surface area contributed by atoms with E-state index in [1.807, 2.05) is 0 Å². The molecule has 2 heterocycles. The van der Waals surface area contributed by atoms with Crippen LogP contribution in [0.5, 0.6) is 34.5 Å². The lowest BCUT2D eigenvalue weighted by atomic mass is 9.98. The van der Waals surface area contributed by atoms with Gasteiger partial charge >= 0.3 is 5.97 Å². The van der Waals surface area contributed by atoms with E-state index in [0.717, 1.165) is 0 Å². The van der Waals surface area contributed by atoms with E-state index >= 15 is 0 Å². The van der Waals surface area contributed by atoms with Gasteiger partial charge in [-0.05, 0) is 24.3 Å². The van der Waals surface area contributed by atoms with Gasteiger partial charge in [0.25, 0.3) is 0 Å². The van der Waals surface area contributed by atoms with Crippen molar-refractivity contribution in [3.63, 3.8) is 0 Å². The van der Waals surface area contributed by atoms with Crippen LogP contribution in [-0.4, -0.2) is 132 Å². The van der Waals surface area contributed by atoms with Gasteiger partial charge in [0.1, 0.15) is 36.8 Å². The van der Waals surface area contributed by atoms with Gasteiger partial charge in [-0.25, -0.2) is 4.79 Å². The normalized spacial score (nSPS) is 30.5. The first kappa shape index (κ1) is 32.3. The summed E-state index contributed by atoms with van der Waals surface area (Å²) in [5, 5.41) is 72.6. The molecule has 4 rings (SSSR count). The molecule has 0 radical (unpaired) electrons. The smallest absolute Gasteiger partial charge is 0.338 e. The van der Waals surface area contributed by atoms with Crippen molar-refractivity contribution in [1.82, 2.24) is 0 Å². The number of hydrogen-bond acceptors (Lipinski definition) is 16. The Hall–Kier alpha value is -3.61. The molecule has 0 aromatic heterocycles. The van der Waals surface area contributed by atoms with Gasteiger partial charge in [-0.1, -0.05) is 0 Å². The molecule has 7 N–H and O–H groups in total. The minimum absolute atomic E-state index is 0.0587. The number of esters is 1. The van der Waals surface area contributed by atoms with Crippen LogP contribution >= 0.6 is 0 Å². The SMILES string of the molecule is COc1cc(OC2OC(CO)C(O)C(O)C2OC2OCC(O)(COC(=O)c3cc(OC)c(O)c(OC)c3)C2O)ccc1O. The third-order valence-electron chi connectivity index (χ3n) is 6.99. The van der Waals surface area contributed by atoms with Gasteiger partial charge < -0.3 is 73.6 Å². The topological polar surface area (TPSA) is 233 Å². The number of aliphatic hydroxyl groups is 5. The van der Waals surface area contributed by atoms with Crippen molar-refractivity contribution in [2.75, 3.05) is 41.2 Å². The van der Waals surface area contributed by atoms with Crippen LogP contribution in [0.4, 0.5) is 0 Å². The zero-order valence-corrected chi connectivity index (χ0v) is 23.4. The molecule has 8 unspecified atom stereocenters. The third kappa shape index (κ3) is 6.66. The average Bonchev–Trinajstić information content (AvgIpc) is 3.29. The summed E-state index contributed by atoms with van der Waals surface area (Å²) in [6, 6.07) is 6.33. The van der Waals surface area contributed by atoms with E-state index in [1.54, 1.807) is 0 Å². The second kappa shape index (κ2) is 13.4. The Kier molecular flexibility index (Phi) is 10.0. The minimum Gasteiger partial charge on any atom is -0.504 e. The molecule has 43 heavy (non-hydrogen) atoms. The molecule has 16 nitrogen and oxygen atoms in total. The minimum atomic E-state index is -2.17. The van der Waals surface area contributed by atoms with E-state index in [2.05, 4.69) is 0 Å². The lowest BCUT2D eigenvalue weighted by Gasteiger charge is -2.42. The van der Waals surface area contributed by atoms with Crippen molar-refractivity contribution >= 4 is 5.97 Å². The number of benzene rings is 2. The lowest BCUT2D eigenvalue weighted by Crippen LogP contribution is -2.62. The highest BCUT2D eigenvalue weighted by molar-refractivity contribution is 5.91.